The Hall–Kier alpha value is -6.56. The van der Waals surface area contributed by atoms with Crippen LogP contribution in [0.1, 0.15) is 50.0 Å². The van der Waals surface area contributed by atoms with Crippen LogP contribution in [0.3, 0.4) is 0 Å². The number of fused-ring (bicyclic) bond motifs is 2. The SMILES string of the molecule is C.C1CCOC1.CC(=O)c1ccc(S(=O)(=O)Nc2ccc(Cl)cc2-n2nnc3ncccc32)cc1.CC(O)(c1ccc(S(=O)(=O)Nc2ccc(Cl)cc2-n2nnc3ncccc32)cc1)C(F)(F)F. The fourth-order valence-corrected chi connectivity index (χ4v) is 8.81. The highest BCUT2D eigenvalue weighted by Crippen LogP contribution is 2.39. The number of halogens is 5. The Morgan fingerprint density at radius 1 is 0.691 bits per heavy atom. The first-order valence-corrected chi connectivity index (χ1v) is 23.5. The lowest BCUT2D eigenvalue weighted by Crippen LogP contribution is -2.39. The number of carbonyl (C=O) groups excluding carboxylic acids is 1. The number of benzene rings is 4. The van der Waals surface area contributed by atoms with Gasteiger partial charge >= 0.3 is 6.18 Å². The second kappa shape index (κ2) is 20.8. The fraction of sp³-hybridized carbons (Fsp3) is 0.205. The van der Waals surface area contributed by atoms with Crippen LogP contribution in [0.4, 0.5) is 24.5 Å². The molecule has 5 heterocycles. The summed E-state index contributed by atoms with van der Waals surface area (Å²) in [4.78, 5) is 19.3. The van der Waals surface area contributed by atoms with Gasteiger partial charge in [-0.2, -0.15) is 13.2 Å². The van der Waals surface area contributed by atoms with Crippen molar-refractivity contribution in [2.75, 3.05) is 22.7 Å². The molecular formula is C44H41Cl2F3N10O7S2. The number of ketones is 1. The summed E-state index contributed by atoms with van der Waals surface area (Å²) in [5.41, 5.74) is -0.328. The monoisotopic (exact) mass is 1010 g/mol. The Morgan fingerprint density at radius 2 is 1.12 bits per heavy atom. The standard InChI is InChI=1S/C20H15ClF3N5O3S.C19H14ClN5O3S.C4H8O.CH4/c1-19(30,20(22,23)24)12-4-7-14(8-5-12)33(31,32)27-15-9-6-13(21)11-17(15)29-16-3-2-10-25-18(16)26-28-29;1-12(26)13-4-7-15(8-5-13)29(27,28)23-16-9-6-14(20)11-18(16)25-17-3-2-10-21-19(17)22-24-25;1-2-4-5-3-1;/h2-11,27,30H,1H3;2-11,23H,1H3;1-4H2;1H4. The number of carbonyl (C=O) groups is 1. The number of aromatic nitrogens is 8. The zero-order chi connectivity index (χ0) is 48.1. The maximum Gasteiger partial charge on any atom is 0.421 e. The van der Waals surface area contributed by atoms with Gasteiger partial charge in [0.05, 0.1) is 32.5 Å². The third-order valence-corrected chi connectivity index (χ3v) is 13.2. The lowest BCUT2D eigenvalue weighted by molar-refractivity contribution is -0.258. The van der Waals surface area contributed by atoms with Gasteiger partial charge < -0.3 is 9.84 Å². The molecule has 356 valence electrons. The molecule has 1 aliphatic heterocycles. The molecule has 4 aromatic heterocycles. The van der Waals surface area contributed by atoms with Crippen molar-refractivity contribution in [2.24, 2.45) is 0 Å². The van der Waals surface area contributed by atoms with E-state index in [9.17, 15) is 39.9 Å². The summed E-state index contributed by atoms with van der Waals surface area (Å²) < 4.78 is 103. The average Bonchev–Trinajstić information content (AvgIpc) is 4.11. The van der Waals surface area contributed by atoms with Gasteiger partial charge in [0, 0.05) is 41.2 Å². The van der Waals surface area contributed by atoms with Crippen molar-refractivity contribution >= 4 is 82.7 Å². The van der Waals surface area contributed by atoms with Crippen LogP contribution < -0.4 is 9.44 Å². The predicted molar refractivity (Wildman–Crippen MR) is 250 cm³/mol. The molecule has 68 heavy (non-hydrogen) atoms. The normalized spacial score (nSPS) is 13.6. The van der Waals surface area contributed by atoms with E-state index in [1.54, 1.807) is 48.7 Å². The number of anilines is 2. The molecule has 8 aromatic rings. The molecule has 1 aliphatic rings. The number of alkyl halides is 3. The highest BCUT2D eigenvalue weighted by Gasteiger charge is 2.51. The lowest BCUT2D eigenvalue weighted by Gasteiger charge is -2.26. The maximum atomic E-state index is 13.1. The Morgan fingerprint density at radius 3 is 1.50 bits per heavy atom. The third kappa shape index (κ3) is 11.4. The number of hydrogen-bond acceptors (Lipinski definition) is 13. The first-order valence-electron chi connectivity index (χ1n) is 19.8. The van der Waals surface area contributed by atoms with Crippen LogP contribution >= 0.6 is 23.2 Å². The molecule has 1 fully saturated rings. The molecule has 0 aliphatic carbocycles. The van der Waals surface area contributed by atoms with Crippen LogP contribution in [-0.4, -0.2) is 87.1 Å². The van der Waals surface area contributed by atoms with Gasteiger partial charge in [0.15, 0.2) is 11.4 Å². The van der Waals surface area contributed by atoms with Crippen molar-refractivity contribution in [1.29, 1.82) is 0 Å². The first-order chi connectivity index (χ1) is 31.7. The van der Waals surface area contributed by atoms with E-state index < -0.39 is 37.4 Å². The Labute approximate surface area is 398 Å². The fourth-order valence-electron chi connectivity index (χ4n) is 6.33. The van der Waals surface area contributed by atoms with Crippen molar-refractivity contribution in [3.8, 4) is 11.4 Å². The van der Waals surface area contributed by atoms with E-state index in [1.807, 2.05) is 0 Å². The summed E-state index contributed by atoms with van der Waals surface area (Å²) in [6, 6.07) is 25.3. The molecule has 3 N–H and O–H groups in total. The Kier molecular flexibility index (Phi) is 15.5. The zero-order valence-electron chi connectivity index (χ0n) is 35.1. The molecule has 24 heteroatoms. The van der Waals surface area contributed by atoms with Gasteiger partial charge in [-0.3, -0.25) is 14.2 Å². The smallest absolute Gasteiger partial charge is 0.381 e. The number of nitrogens with one attached hydrogen (secondary N) is 2. The molecule has 17 nitrogen and oxygen atoms in total. The molecule has 1 saturated heterocycles. The first kappa shape index (κ1) is 50.8. The lowest BCUT2D eigenvalue weighted by atomic mass is 9.96. The number of nitrogens with zero attached hydrogens (tertiary/aromatic N) is 8. The number of hydrogen-bond donors (Lipinski definition) is 3. The molecule has 0 radical (unpaired) electrons. The van der Waals surface area contributed by atoms with Crippen LogP contribution in [0, 0.1) is 0 Å². The molecule has 0 spiro atoms. The molecular weight excluding hydrogens is 973 g/mol. The summed E-state index contributed by atoms with van der Waals surface area (Å²) >= 11 is 12.2. The highest BCUT2D eigenvalue weighted by atomic mass is 35.5. The minimum atomic E-state index is -4.93. The van der Waals surface area contributed by atoms with Gasteiger partial charge in [-0.05, 0) is 117 Å². The summed E-state index contributed by atoms with van der Waals surface area (Å²) in [5.74, 6) is -0.145. The number of Topliss-reactive ketones (excluding diaryl/α,β-unsaturated/α-hetero) is 1. The van der Waals surface area contributed by atoms with Crippen molar-refractivity contribution in [2.45, 2.75) is 55.7 Å². The van der Waals surface area contributed by atoms with E-state index in [0.29, 0.717) is 50.5 Å². The van der Waals surface area contributed by atoms with Gasteiger partial charge in [-0.1, -0.05) is 65.3 Å². The van der Waals surface area contributed by atoms with E-state index in [4.69, 9.17) is 27.9 Å². The number of rotatable bonds is 10. The Balaban J connectivity index is 0.000000201. The van der Waals surface area contributed by atoms with E-state index in [2.05, 4.69) is 40.0 Å². The number of pyridine rings is 2. The molecule has 1 unspecified atom stereocenters. The number of ether oxygens (including phenoxy) is 1. The van der Waals surface area contributed by atoms with Gasteiger partial charge in [-0.25, -0.2) is 36.2 Å². The van der Waals surface area contributed by atoms with Gasteiger partial charge in [0.25, 0.3) is 20.0 Å². The second-order valence-corrected chi connectivity index (χ2v) is 19.0. The van der Waals surface area contributed by atoms with Gasteiger partial charge in [-0.15, -0.1) is 10.2 Å². The predicted octanol–water partition coefficient (Wildman–Crippen LogP) is 8.94. The summed E-state index contributed by atoms with van der Waals surface area (Å²) in [6.07, 6.45) is 0.746. The number of aliphatic hydroxyl groups is 1. The van der Waals surface area contributed by atoms with Crippen LogP contribution in [-0.2, 0) is 30.4 Å². The molecule has 4 aromatic carbocycles. The van der Waals surface area contributed by atoms with Crippen LogP contribution in [0.15, 0.2) is 131 Å². The summed E-state index contributed by atoms with van der Waals surface area (Å²) in [6.45, 7) is 4.01. The second-order valence-electron chi connectivity index (χ2n) is 14.7. The minimum absolute atomic E-state index is 0. The van der Waals surface area contributed by atoms with E-state index in [-0.39, 0.29) is 40.1 Å². The zero-order valence-corrected chi connectivity index (χ0v) is 38.2. The van der Waals surface area contributed by atoms with Gasteiger partial charge in [0.2, 0.25) is 11.3 Å². The summed E-state index contributed by atoms with van der Waals surface area (Å²) in [5, 5.41) is 26.5. The van der Waals surface area contributed by atoms with Crippen molar-refractivity contribution in [1.82, 2.24) is 40.0 Å². The minimum Gasteiger partial charge on any atom is -0.381 e. The highest BCUT2D eigenvalue weighted by molar-refractivity contribution is 7.93. The number of sulfonamides is 2. The van der Waals surface area contributed by atoms with Crippen molar-refractivity contribution in [3.05, 3.63) is 143 Å². The summed E-state index contributed by atoms with van der Waals surface area (Å²) in [7, 11) is -8.14. The molecule has 0 bridgehead atoms. The van der Waals surface area contributed by atoms with Crippen LogP contribution in [0.2, 0.25) is 10.0 Å². The molecule has 0 saturated carbocycles. The molecule has 0 amide bonds. The maximum absolute atomic E-state index is 13.1. The third-order valence-electron chi connectivity index (χ3n) is 9.99. The van der Waals surface area contributed by atoms with Crippen LogP contribution in [0.5, 0.6) is 0 Å². The largest absolute Gasteiger partial charge is 0.421 e. The topological polar surface area (TPSA) is 226 Å². The van der Waals surface area contributed by atoms with E-state index >= 15 is 0 Å². The van der Waals surface area contributed by atoms with Gasteiger partial charge in [0.1, 0.15) is 11.0 Å². The van der Waals surface area contributed by atoms with Crippen molar-refractivity contribution < 1.29 is 44.6 Å². The quantitative estimate of drug-likeness (QED) is 0.109. The van der Waals surface area contributed by atoms with Crippen LogP contribution in [0.25, 0.3) is 33.7 Å². The van der Waals surface area contributed by atoms with Crippen molar-refractivity contribution in [3.63, 3.8) is 0 Å². The molecule has 1 atom stereocenters. The van der Waals surface area contributed by atoms with E-state index in [1.165, 1.54) is 77.8 Å². The van der Waals surface area contributed by atoms with E-state index in [0.717, 1.165) is 37.5 Å². The Bertz CT molecular complexity index is 3290. The average molecular weight is 1010 g/mol. The molecule has 9 rings (SSSR count).